The Hall–Kier alpha value is -1.77. The molecule has 0 spiro atoms. The molecular weight excluding hydrogens is 282 g/mol. The second-order valence-corrected chi connectivity index (χ2v) is 5.21. The number of carboxylic acids is 1. The van der Waals surface area contributed by atoms with E-state index in [1.165, 1.54) is 0 Å². The highest BCUT2D eigenvalue weighted by atomic mass is 32.1. The average Bonchev–Trinajstić information content (AvgIpc) is 3.09. The van der Waals surface area contributed by atoms with Crippen LogP contribution in [0.4, 0.5) is 0 Å². The first kappa shape index (κ1) is 13.2. The van der Waals surface area contributed by atoms with E-state index in [1.807, 2.05) is 16.8 Å². The Morgan fingerprint density at radius 1 is 1.60 bits per heavy atom. The van der Waals surface area contributed by atoms with Crippen molar-refractivity contribution in [3.8, 4) is 11.5 Å². The lowest BCUT2D eigenvalue weighted by atomic mass is 10.2. The number of nitrogens with zero attached hydrogens (tertiary/aromatic N) is 3. The quantitative estimate of drug-likeness (QED) is 0.902. The lowest BCUT2D eigenvalue weighted by molar-refractivity contribution is -0.150. The molecule has 0 radical (unpaired) electrons. The van der Waals surface area contributed by atoms with Crippen LogP contribution in [-0.4, -0.2) is 51.9 Å². The molecule has 1 atom stereocenters. The van der Waals surface area contributed by atoms with Crippen LogP contribution in [0.5, 0.6) is 0 Å². The summed E-state index contributed by atoms with van der Waals surface area (Å²) in [4.78, 5) is 17.2. The number of hydrogen-bond donors (Lipinski definition) is 1. The van der Waals surface area contributed by atoms with Crippen molar-refractivity contribution < 1.29 is 19.2 Å². The number of aliphatic carboxylic acids is 1. The maximum Gasteiger partial charge on any atom is 0.323 e. The first-order valence-corrected chi connectivity index (χ1v) is 7.08. The van der Waals surface area contributed by atoms with Crippen molar-refractivity contribution >= 4 is 17.3 Å². The van der Waals surface area contributed by atoms with Crippen LogP contribution in [-0.2, 0) is 16.1 Å². The van der Waals surface area contributed by atoms with Crippen LogP contribution >= 0.6 is 11.3 Å². The topological polar surface area (TPSA) is 88.7 Å². The summed E-state index contributed by atoms with van der Waals surface area (Å²) in [6.07, 6.45) is 0. The number of carboxylic acid groups (broad SMARTS) is 1. The van der Waals surface area contributed by atoms with Crippen molar-refractivity contribution in [3.05, 3.63) is 22.7 Å². The van der Waals surface area contributed by atoms with Crippen LogP contribution in [0, 0.1) is 0 Å². The van der Waals surface area contributed by atoms with E-state index in [2.05, 4.69) is 10.1 Å². The number of hydrogen-bond acceptors (Lipinski definition) is 7. The average molecular weight is 295 g/mol. The van der Waals surface area contributed by atoms with Crippen LogP contribution in [0.3, 0.4) is 0 Å². The summed E-state index contributed by atoms with van der Waals surface area (Å²) in [5.41, 5.74) is 0.880. The van der Waals surface area contributed by atoms with E-state index in [4.69, 9.17) is 14.4 Å². The van der Waals surface area contributed by atoms with Crippen molar-refractivity contribution in [3.63, 3.8) is 0 Å². The zero-order chi connectivity index (χ0) is 13.9. The molecule has 0 saturated carbocycles. The molecule has 0 bridgehead atoms. The molecule has 8 heteroatoms. The van der Waals surface area contributed by atoms with Gasteiger partial charge < -0.3 is 14.4 Å². The molecular formula is C12H13N3O4S. The number of rotatable bonds is 4. The van der Waals surface area contributed by atoms with Crippen molar-refractivity contribution in [1.29, 1.82) is 0 Å². The fourth-order valence-corrected chi connectivity index (χ4v) is 2.69. The van der Waals surface area contributed by atoms with Gasteiger partial charge in [-0.3, -0.25) is 9.69 Å². The van der Waals surface area contributed by atoms with Crippen LogP contribution in [0.1, 0.15) is 5.82 Å². The fraction of sp³-hybridized carbons (Fsp3) is 0.417. The Balaban J connectivity index is 1.72. The third kappa shape index (κ3) is 2.72. The molecule has 1 fully saturated rings. The molecule has 3 rings (SSSR count). The van der Waals surface area contributed by atoms with Gasteiger partial charge in [0.05, 0.1) is 25.3 Å². The van der Waals surface area contributed by atoms with Gasteiger partial charge in [0.25, 0.3) is 5.89 Å². The summed E-state index contributed by atoms with van der Waals surface area (Å²) in [6, 6.07) is 1.24. The number of thiophene rings is 1. The van der Waals surface area contributed by atoms with E-state index in [0.717, 1.165) is 5.56 Å². The number of aromatic nitrogens is 2. The number of ether oxygens (including phenoxy) is 1. The molecule has 0 aromatic carbocycles. The number of morpholine rings is 1. The normalized spacial score (nSPS) is 20.1. The van der Waals surface area contributed by atoms with E-state index in [1.54, 1.807) is 16.2 Å². The number of carbonyl (C=O) groups is 1. The Morgan fingerprint density at radius 3 is 3.25 bits per heavy atom. The lowest BCUT2D eigenvalue weighted by Gasteiger charge is -2.31. The molecule has 2 aromatic rings. The van der Waals surface area contributed by atoms with Crippen molar-refractivity contribution in [1.82, 2.24) is 15.0 Å². The first-order valence-electron chi connectivity index (χ1n) is 6.14. The van der Waals surface area contributed by atoms with E-state index < -0.39 is 12.0 Å². The minimum absolute atomic E-state index is 0.185. The SMILES string of the molecule is O=C(O)C1COCCN1Cc1noc(-c2ccsc2)n1. The fourth-order valence-electron chi connectivity index (χ4n) is 2.06. The summed E-state index contributed by atoms with van der Waals surface area (Å²) >= 11 is 1.55. The minimum atomic E-state index is -0.897. The molecule has 1 N–H and O–H groups in total. The van der Waals surface area contributed by atoms with Gasteiger partial charge in [0.15, 0.2) is 5.82 Å². The van der Waals surface area contributed by atoms with E-state index in [0.29, 0.717) is 31.4 Å². The minimum Gasteiger partial charge on any atom is -0.480 e. The summed E-state index contributed by atoms with van der Waals surface area (Å²) in [5, 5.41) is 16.9. The van der Waals surface area contributed by atoms with Crippen LogP contribution < -0.4 is 0 Å². The summed E-state index contributed by atoms with van der Waals surface area (Å²) < 4.78 is 10.4. The van der Waals surface area contributed by atoms with Gasteiger partial charge in [0, 0.05) is 11.9 Å². The van der Waals surface area contributed by atoms with Gasteiger partial charge in [-0.15, -0.1) is 0 Å². The molecule has 1 saturated heterocycles. The van der Waals surface area contributed by atoms with Gasteiger partial charge in [0.2, 0.25) is 0 Å². The second kappa shape index (κ2) is 5.70. The maximum absolute atomic E-state index is 11.2. The smallest absolute Gasteiger partial charge is 0.323 e. The summed E-state index contributed by atoms with van der Waals surface area (Å²) in [7, 11) is 0. The Bertz CT molecular complexity index is 583. The van der Waals surface area contributed by atoms with Crippen molar-refractivity contribution in [2.24, 2.45) is 0 Å². The van der Waals surface area contributed by atoms with Crippen molar-refractivity contribution in [2.45, 2.75) is 12.6 Å². The lowest BCUT2D eigenvalue weighted by Crippen LogP contribution is -2.49. The maximum atomic E-state index is 11.2. The molecule has 1 aliphatic rings. The largest absolute Gasteiger partial charge is 0.480 e. The molecule has 3 heterocycles. The molecule has 0 aliphatic carbocycles. The van der Waals surface area contributed by atoms with E-state index >= 15 is 0 Å². The predicted molar refractivity (Wildman–Crippen MR) is 70.3 cm³/mol. The van der Waals surface area contributed by atoms with Gasteiger partial charge in [0.1, 0.15) is 6.04 Å². The van der Waals surface area contributed by atoms with E-state index in [-0.39, 0.29) is 6.61 Å². The summed E-state index contributed by atoms with van der Waals surface area (Å²) in [6.45, 7) is 1.58. The monoisotopic (exact) mass is 295 g/mol. The van der Waals surface area contributed by atoms with Gasteiger partial charge >= 0.3 is 5.97 Å². The first-order chi connectivity index (χ1) is 9.74. The molecule has 106 valence electrons. The van der Waals surface area contributed by atoms with Gasteiger partial charge in [-0.25, -0.2) is 0 Å². The van der Waals surface area contributed by atoms with Gasteiger partial charge in [-0.05, 0) is 11.4 Å². The zero-order valence-electron chi connectivity index (χ0n) is 10.6. The van der Waals surface area contributed by atoms with Crippen LogP contribution in [0.2, 0.25) is 0 Å². The standard InChI is InChI=1S/C12H13N3O4S/c16-12(17)9-6-18-3-2-15(9)5-10-13-11(19-14-10)8-1-4-20-7-8/h1,4,7,9H,2-3,5-6H2,(H,16,17). The molecule has 0 amide bonds. The Morgan fingerprint density at radius 2 is 2.50 bits per heavy atom. The molecule has 20 heavy (non-hydrogen) atoms. The highest BCUT2D eigenvalue weighted by molar-refractivity contribution is 7.08. The predicted octanol–water partition coefficient (Wildman–Crippen LogP) is 1.08. The van der Waals surface area contributed by atoms with Crippen molar-refractivity contribution in [2.75, 3.05) is 19.8 Å². The second-order valence-electron chi connectivity index (χ2n) is 4.43. The van der Waals surface area contributed by atoms with Crippen LogP contribution in [0.25, 0.3) is 11.5 Å². The zero-order valence-corrected chi connectivity index (χ0v) is 11.4. The molecule has 2 aromatic heterocycles. The Labute approximate surface area is 118 Å². The van der Waals surface area contributed by atoms with Crippen LogP contribution in [0.15, 0.2) is 21.3 Å². The highest BCUT2D eigenvalue weighted by Gasteiger charge is 2.30. The third-order valence-electron chi connectivity index (χ3n) is 3.11. The Kier molecular flexibility index (Phi) is 3.77. The third-order valence-corrected chi connectivity index (χ3v) is 3.79. The highest BCUT2D eigenvalue weighted by Crippen LogP contribution is 2.20. The molecule has 1 unspecified atom stereocenters. The van der Waals surface area contributed by atoms with Gasteiger partial charge in [-0.1, -0.05) is 5.16 Å². The molecule has 1 aliphatic heterocycles. The summed E-state index contributed by atoms with van der Waals surface area (Å²) in [5.74, 6) is 0.0481. The van der Waals surface area contributed by atoms with E-state index in [9.17, 15) is 4.79 Å². The van der Waals surface area contributed by atoms with Gasteiger partial charge in [-0.2, -0.15) is 16.3 Å². The molecule has 7 nitrogen and oxygen atoms in total.